The summed E-state index contributed by atoms with van der Waals surface area (Å²) in [4.78, 5) is 75.2. The highest BCUT2D eigenvalue weighted by Gasteiger charge is 2.35. The van der Waals surface area contributed by atoms with Crippen LogP contribution >= 0.6 is 0 Å². The van der Waals surface area contributed by atoms with E-state index in [1.54, 1.807) is 60.7 Å². The van der Waals surface area contributed by atoms with Crippen molar-refractivity contribution < 1.29 is 38.2 Å². The molecular formula is C32H32N2O8. The van der Waals surface area contributed by atoms with Crippen molar-refractivity contribution in [3.8, 4) is 0 Å². The molecule has 0 saturated heterocycles. The van der Waals surface area contributed by atoms with Crippen molar-refractivity contribution in [3.05, 3.63) is 95.1 Å². The molecule has 0 radical (unpaired) electrons. The third-order valence-corrected chi connectivity index (χ3v) is 6.87. The van der Waals surface area contributed by atoms with E-state index >= 15 is 0 Å². The van der Waals surface area contributed by atoms with Crippen LogP contribution in [0.1, 0.15) is 80.0 Å². The second-order valence-electron chi connectivity index (χ2n) is 9.75. The summed E-state index contributed by atoms with van der Waals surface area (Å²) in [7, 11) is 0. The Hall–Kier alpha value is -4.86. The third-order valence-electron chi connectivity index (χ3n) is 6.87. The first-order valence-electron chi connectivity index (χ1n) is 14.0. The average Bonchev–Trinajstić information content (AvgIpc) is 3.38. The van der Waals surface area contributed by atoms with E-state index in [4.69, 9.17) is 9.47 Å². The monoisotopic (exact) mass is 572 g/mol. The number of allylic oxidation sites excluding steroid dienone is 2. The van der Waals surface area contributed by atoms with Gasteiger partial charge in [0.1, 0.15) is 13.2 Å². The van der Waals surface area contributed by atoms with E-state index in [0.717, 1.165) is 35.5 Å². The molecule has 0 saturated carbocycles. The lowest BCUT2D eigenvalue weighted by atomic mass is 10.1. The molecule has 2 aliphatic heterocycles. The largest absolute Gasteiger partial charge is 0.461 e. The number of carbonyl (C=O) groups excluding carboxylic acids is 6. The first kappa shape index (κ1) is 30.1. The van der Waals surface area contributed by atoms with E-state index in [-0.39, 0.29) is 49.9 Å². The molecule has 0 spiro atoms. The lowest BCUT2D eigenvalue weighted by Gasteiger charge is -2.13. The molecule has 0 unspecified atom stereocenters. The Morgan fingerprint density at radius 2 is 0.881 bits per heavy atom. The molecule has 2 aromatic rings. The molecular weight excluding hydrogens is 540 g/mol. The Morgan fingerprint density at radius 1 is 0.548 bits per heavy atom. The summed E-state index contributed by atoms with van der Waals surface area (Å²) in [5.74, 6) is -2.56. The number of nitrogens with zero attached hydrogens (tertiary/aromatic N) is 2. The summed E-state index contributed by atoms with van der Waals surface area (Å²) in [6.45, 7) is -0.119. The standard InChI is InChI=1S/C32H32N2O8/c35-27(41-21-19-33-29(37)23-13-9-10-14-24(23)30(33)38)17-7-5-3-1-2-4-6-8-18-28(36)42-22-20-34-31(39)25-15-11-12-16-26(25)32(34)40/h7-18H,1-6,19-22H2/b17-7+,18-8+. The van der Waals surface area contributed by atoms with Crippen molar-refractivity contribution in [2.75, 3.05) is 26.3 Å². The Labute approximate surface area is 243 Å². The van der Waals surface area contributed by atoms with E-state index in [0.29, 0.717) is 35.1 Å². The van der Waals surface area contributed by atoms with Crippen LogP contribution in [0.15, 0.2) is 72.8 Å². The van der Waals surface area contributed by atoms with Crippen LogP contribution in [0, 0.1) is 0 Å². The quantitative estimate of drug-likeness (QED) is 0.135. The predicted molar refractivity (Wildman–Crippen MR) is 152 cm³/mol. The number of fused-ring (bicyclic) bond motifs is 2. The number of carbonyl (C=O) groups is 6. The molecule has 4 amide bonds. The molecule has 42 heavy (non-hydrogen) atoms. The molecule has 4 rings (SSSR count). The zero-order chi connectivity index (χ0) is 29.9. The van der Waals surface area contributed by atoms with Gasteiger partial charge in [0, 0.05) is 12.2 Å². The van der Waals surface area contributed by atoms with Gasteiger partial charge in [0.05, 0.1) is 35.3 Å². The number of benzene rings is 2. The Balaban J connectivity index is 0.987. The van der Waals surface area contributed by atoms with E-state index in [2.05, 4.69) is 0 Å². The van der Waals surface area contributed by atoms with Crippen LogP contribution in [0.2, 0.25) is 0 Å². The van der Waals surface area contributed by atoms with Gasteiger partial charge >= 0.3 is 11.9 Å². The van der Waals surface area contributed by atoms with Crippen LogP contribution in [0.4, 0.5) is 0 Å². The number of rotatable bonds is 15. The molecule has 0 bridgehead atoms. The molecule has 10 heteroatoms. The Morgan fingerprint density at radius 3 is 1.21 bits per heavy atom. The van der Waals surface area contributed by atoms with Gasteiger partial charge in [-0.1, -0.05) is 49.3 Å². The molecule has 2 aromatic carbocycles. The summed E-state index contributed by atoms with van der Waals surface area (Å²) in [5.41, 5.74) is 1.45. The summed E-state index contributed by atoms with van der Waals surface area (Å²) in [5, 5.41) is 0. The van der Waals surface area contributed by atoms with Crippen molar-refractivity contribution in [3.63, 3.8) is 0 Å². The second kappa shape index (κ2) is 14.7. The maximum absolute atomic E-state index is 12.3. The van der Waals surface area contributed by atoms with Crippen LogP contribution in [0.3, 0.4) is 0 Å². The van der Waals surface area contributed by atoms with E-state index in [9.17, 15) is 28.8 Å². The first-order valence-corrected chi connectivity index (χ1v) is 14.0. The van der Waals surface area contributed by atoms with Gasteiger partial charge in [0.25, 0.3) is 23.6 Å². The van der Waals surface area contributed by atoms with Crippen molar-refractivity contribution >= 4 is 35.6 Å². The number of amides is 4. The molecule has 2 heterocycles. The maximum Gasteiger partial charge on any atom is 0.330 e. The topological polar surface area (TPSA) is 127 Å². The molecule has 10 nitrogen and oxygen atoms in total. The van der Waals surface area contributed by atoms with Gasteiger partial charge in [-0.2, -0.15) is 0 Å². The van der Waals surface area contributed by atoms with Crippen molar-refractivity contribution in [2.24, 2.45) is 0 Å². The number of imide groups is 2. The van der Waals surface area contributed by atoms with Gasteiger partial charge in [0.15, 0.2) is 0 Å². The average molecular weight is 573 g/mol. The third kappa shape index (κ3) is 7.45. The second-order valence-corrected chi connectivity index (χ2v) is 9.75. The molecule has 0 aromatic heterocycles. The molecule has 2 aliphatic rings. The predicted octanol–water partition coefficient (Wildman–Crippen LogP) is 4.12. The smallest absolute Gasteiger partial charge is 0.330 e. The highest BCUT2D eigenvalue weighted by atomic mass is 16.5. The normalized spacial score (nSPS) is 14.3. The number of unbranched alkanes of at least 4 members (excludes halogenated alkanes) is 5. The summed E-state index contributed by atoms with van der Waals surface area (Å²) >= 11 is 0. The van der Waals surface area contributed by atoms with Crippen LogP contribution in [-0.2, 0) is 19.1 Å². The van der Waals surface area contributed by atoms with Crippen LogP contribution < -0.4 is 0 Å². The van der Waals surface area contributed by atoms with Gasteiger partial charge in [-0.25, -0.2) is 9.59 Å². The zero-order valence-corrected chi connectivity index (χ0v) is 23.2. The van der Waals surface area contributed by atoms with Crippen LogP contribution in [0.5, 0.6) is 0 Å². The fraction of sp³-hybridized carbons (Fsp3) is 0.312. The highest BCUT2D eigenvalue weighted by Crippen LogP contribution is 2.23. The van der Waals surface area contributed by atoms with Gasteiger partial charge in [-0.15, -0.1) is 0 Å². The van der Waals surface area contributed by atoms with Gasteiger partial charge in [-0.3, -0.25) is 29.0 Å². The van der Waals surface area contributed by atoms with E-state index < -0.39 is 11.9 Å². The van der Waals surface area contributed by atoms with E-state index in [1.165, 1.54) is 12.2 Å². The molecule has 0 fully saturated rings. The van der Waals surface area contributed by atoms with Crippen molar-refractivity contribution in [2.45, 2.75) is 38.5 Å². The highest BCUT2D eigenvalue weighted by molar-refractivity contribution is 6.22. The maximum atomic E-state index is 12.3. The lowest BCUT2D eigenvalue weighted by molar-refractivity contribution is -0.138. The minimum atomic E-state index is -0.521. The molecule has 0 atom stereocenters. The number of hydrogen-bond acceptors (Lipinski definition) is 8. The van der Waals surface area contributed by atoms with Crippen molar-refractivity contribution in [1.82, 2.24) is 9.80 Å². The fourth-order valence-electron chi connectivity index (χ4n) is 4.69. The van der Waals surface area contributed by atoms with E-state index in [1.807, 2.05) is 0 Å². The number of ether oxygens (including phenoxy) is 2. The van der Waals surface area contributed by atoms with Crippen LogP contribution in [-0.4, -0.2) is 71.7 Å². The molecule has 218 valence electrons. The summed E-state index contributed by atoms with van der Waals surface area (Å²) in [6, 6.07) is 13.2. The SMILES string of the molecule is O=C(/C=C/CCCCCC/C=C/C(=O)OCCN1C(=O)c2ccccc2C1=O)OCCN1C(=O)c2ccccc2C1=O. The minimum absolute atomic E-state index is 0.00790. The number of esters is 2. The van der Waals surface area contributed by atoms with Crippen molar-refractivity contribution in [1.29, 1.82) is 0 Å². The minimum Gasteiger partial charge on any atom is -0.461 e. The molecule has 0 N–H and O–H groups in total. The summed E-state index contributed by atoms with van der Waals surface area (Å²) in [6.07, 6.45) is 11.3. The Kier molecular flexibility index (Phi) is 10.5. The fourth-order valence-corrected chi connectivity index (χ4v) is 4.69. The van der Waals surface area contributed by atoms with Crippen LogP contribution in [0.25, 0.3) is 0 Å². The van der Waals surface area contributed by atoms with Gasteiger partial charge < -0.3 is 9.47 Å². The van der Waals surface area contributed by atoms with Gasteiger partial charge in [-0.05, 0) is 49.9 Å². The Bertz CT molecular complexity index is 1250. The number of hydrogen-bond donors (Lipinski definition) is 0. The first-order chi connectivity index (χ1) is 20.4. The van der Waals surface area contributed by atoms with Gasteiger partial charge in [0.2, 0.25) is 0 Å². The molecule has 0 aliphatic carbocycles. The summed E-state index contributed by atoms with van der Waals surface area (Å²) < 4.78 is 10.2. The lowest BCUT2D eigenvalue weighted by Crippen LogP contribution is -2.33. The zero-order valence-electron chi connectivity index (χ0n) is 23.2.